The Balaban J connectivity index is 1.79. The Hall–Kier alpha value is -1.14. The van der Waals surface area contributed by atoms with Gasteiger partial charge >= 0.3 is 5.97 Å². The molecule has 2 fully saturated rings. The topological polar surface area (TPSA) is 84.9 Å². The van der Waals surface area contributed by atoms with Gasteiger partial charge in [0.2, 0.25) is 5.91 Å². The third kappa shape index (κ3) is 4.68. The molecule has 0 radical (unpaired) electrons. The molecule has 2 rings (SSSR count). The fourth-order valence-corrected chi connectivity index (χ4v) is 3.36. The van der Waals surface area contributed by atoms with Crippen LogP contribution in [0.3, 0.4) is 0 Å². The second kappa shape index (κ2) is 6.32. The molecule has 6 heteroatoms. The van der Waals surface area contributed by atoms with Crippen molar-refractivity contribution in [3.05, 3.63) is 0 Å². The normalized spacial score (nSPS) is 26.7. The second-order valence-corrected chi connectivity index (χ2v) is 6.71. The second-order valence-electron chi connectivity index (χ2n) is 6.71. The summed E-state index contributed by atoms with van der Waals surface area (Å²) in [6, 6.07) is 0. The number of hydrogen-bond acceptors (Lipinski definition) is 4. The number of hydrogen-bond donors (Lipinski definition) is 2. The highest BCUT2D eigenvalue weighted by Gasteiger charge is 2.38. The summed E-state index contributed by atoms with van der Waals surface area (Å²) in [5, 5.41) is 11.9. The summed E-state index contributed by atoms with van der Waals surface area (Å²) in [5.74, 6) is -1.50. The fourth-order valence-electron chi connectivity index (χ4n) is 3.36. The molecule has 120 valence electrons. The van der Waals surface area contributed by atoms with Gasteiger partial charge in [0, 0.05) is 13.0 Å². The van der Waals surface area contributed by atoms with Gasteiger partial charge in [-0.3, -0.25) is 9.59 Å². The predicted molar refractivity (Wildman–Crippen MR) is 75.7 cm³/mol. The molecule has 1 atom stereocenters. The highest BCUT2D eigenvalue weighted by atomic mass is 16.7. The van der Waals surface area contributed by atoms with E-state index in [2.05, 4.69) is 5.32 Å². The number of carboxylic acids is 1. The first-order valence-corrected chi connectivity index (χ1v) is 7.61. The molecular formula is C15H25NO5. The molecule has 2 aliphatic rings. The monoisotopic (exact) mass is 299 g/mol. The number of rotatable bonds is 6. The molecule has 2 N–H and O–H groups in total. The Morgan fingerprint density at radius 2 is 1.90 bits per heavy atom. The van der Waals surface area contributed by atoms with Crippen LogP contribution in [0.4, 0.5) is 0 Å². The van der Waals surface area contributed by atoms with Crippen molar-refractivity contribution >= 4 is 11.9 Å². The van der Waals surface area contributed by atoms with Crippen LogP contribution >= 0.6 is 0 Å². The van der Waals surface area contributed by atoms with E-state index in [1.165, 1.54) is 0 Å². The zero-order valence-corrected chi connectivity index (χ0v) is 12.8. The molecular weight excluding hydrogens is 274 g/mol. The minimum Gasteiger partial charge on any atom is -0.481 e. The summed E-state index contributed by atoms with van der Waals surface area (Å²) in [6.45, 7) is 4.56. The van der Waals surface area contributed by atoms with E-state index in [1.54, 1.807) is 0 Å². The van der Waals surface area contributed by atoms with Crippen molar-refractivity contribution in [2.45, 2.75) is 64.3 Å². The fraction of sp³-hybridized carbons (Fsp3) is 0.867. The van der Waals surface area contributed by atoms with Crippen molar-refractivity contribution in [2.75, 3.05) is 13.2 Å². The van der Waals surface area contributed by atoms with Crippen LogP contribution in [0.2, 0.25) is 0 Å². The number of carbonyl (C=O) groups excluding carboxylic acids is 1. The Kier molecular flexibility index (Phi) is 4.88. The molecule has 6 nitrogen and oxygen atoms in total. The Bertz CT molecular complexity index is 401. The lowest BCUT2D eigenvalue weighted by Crippen LogP contribution is -2.37. The van der Waals surface area contributed by atoms with Crippen LogP contribution in [0.5, 0.6) is 0 Å². The Morgan fingerprint density at radius 1 is 1.24 bits per heavy atom. The minimum absolute atomic E-state index is 0.0799. The smallest absolute Gasteiger partial charge is 0.303 e. The molecule has 1 aliphatic carbocycles. The van der Waals surface area contributed by atoms with Crippen LogP contribution < -0.4 is 5.32 Å². The van der Waals surface area contributed by atoms with Gasteiger partial charge in [-0.2, -0.15) is 0 Å². The quantitative estimate of drug-likeness (QED) is 0.779. The van der Waals surface area contributed by atoms with Gasteiger partial charge in [0.15, 0.2) is 5.79 Å². The molecule has 1 saturated heterocycles. The first-order valence-electron chi connectivity index (χ1n) is 7.61. The number of carboxylic acid groups (broad SMARTS) is 1. The van der Waals surface area contributed by atoms with Crippen molar-refractivity contribution in [2.24, 2.45) is 5.41 Å². The number of aliphatic carboxylic acids is 1. The summed E-state index contributed by atoms with van der Waals surface area (Å²) >= 11 is 0. The van der Waals surface area contributed by atoms with Gasteiger partial charge in [0.1, 0.15) is 6.10 Å². The van der Waals surface area contributed by atoms with Crippen molar-refractivity contribution in [1.29, 1.82) is 0 Å². The van der Waals surface area contributed by atoms with E-state index < -0.39 is 11.8 Å². The van der Waals surface area contributed by atoms with Crippen LogP contribution in [0.1, 0.15) is 52.4 Å². The average Bonchev–Trinajstić information content (AvgIpc) is 2.93. The van der Waals surface area contributed by atoms with Gasteiger partial charge in [-0.05, 0) is 32.1 Å². The van der Waals surface area contributed by atoms with E-state index >= 15 is 0 Å². The van der Waals surface area contributed by atoms with Gasteiger partial charge in [-0.15, -0.1) is 0 Å². The molecule has 0 aromatic rings. The predicted octanol–water partition coefficient (Wildman–Crippen LogP) is 1.68. The van der Waals surface area contributed by atoms with Crippen molar-refractivity contribution in [3.8, 4) is 0 Å². The van der Waals surface area contributed by atoms with Crippen LogP contribution in [-0.4, -0.2) is 42.0 Å². The molecule has 0 aromatic carbocycles. The van der Waals surface area contributed by atoms with Crippen molar-refractivity contribution in [3.63, 3.8) is 0 Å². The maximum absolute atomic E-state index is 12.1. The molecule has 0 aromatic heterocycles. The standard InChI is InChI=1S/C15H25NO5/c1-14(2)20-10-11(21-14)9-16-12(17)7-15(8-13(18)19)5-3-4-6-15/h11H,3-10H2,1-2H3,(H,16,17)(H,18,19). The summed E-state index contributed by atoms with van der Waals surface area (Å²) < 4.78 is 11.1. The zero-order valence-electron chi connectivity index (χ0n) is 12.8. The zero-order chi connectivity index (χ0) is 15.5. The molecule has 1 aliphatic heterocycles. The van der Waals surface area contributed by atoms with Crippen molar-refractivity contribution in [1.82, 2.24) is 5.32 Å². The highest BCUT2D eigenvalue weighted by Crippen LogP contribution is 2.44. The highest BCUT2D eigenvalue weighted by molar-refractivity contribution is 5.78. The number of nitrogens with one attached hydrogen (secondary N) is 1. The summed E-state index contributed by atoms with van der Waals surface area (Å²) in [6.07, 6.45) is 3.89. The van der Waals surface area contributed by atoms with Gasteiger partial charge < -0.3 is 19.9 Å². The number of amides is 1. The Labute approximate surface area is 125 Å². The summed E-state index contributed by atoms with van der Waals surface area (Å²) in [7, 11) is 0. The van der Waals surface area contributed by atoms with E-state index in [9.17, 15) is 9.59 Å². The maximum atomic E-state index is 12.1. The van der Waals surface area contributed by atoms with Crippen LogP contribution in [-0.2, 0) is 19.1 Å². The summed E-state index contributed by atoms with van der Waals surface area (Å²) in [5.41, 5.74) is -0.359. The largest absolute Gasteiger partial charge is 0.481 e. The lowest BCUT2D eigenvalue weighted by atomic mass is 9.79. The molecule has 21 heavy (non-hydrogen) atoms. The van der Waals surface area contributed by atoms with E-state index in [4.69, 9.17) is 14.6 Å². The lowest BCUT2D eigenvalue weighted by molar-refractivity contribution is -0.142. The van der Waals surface area contributed by atoms with E-state index in [1.807, 2.05) is 13.8 Å². The molecule has 1 amide bonds. The third-order valence-electron chi connectivity index (χ3n) is 4.32. The van der Waals surface area contributed by atoms with E-state index in [0.29, 0.717) is 13.2 Å². The molecule has 1 saturated carbocycles. The molecule has 0 bridgehead atoms. The first kappa shape index (κ1) is 16.2. The average molecular weight is 299 g/mol. The van der Waals surface area contributed by atoms with Gasteiger partial charge in [0.25, 0.3) is 0 Å². The maximum Gasteiger partial charge on any atom is 0.303 e. The van der Waals surface area contributed by atoms with E-state index in [0.717, 1.165) is 25.7 Å². The van der Waals surface area contributed by atoms with Gasteiger partial charge in [-0.25, -0.2) is 0 Å². The Morgan fingerprint density at radius 3 is 2.43 bits per heavy atom. The van der Waals surface area contributed by atoms with E-state index in [-0.39, 0.29) is 30.3 Å². The van der Waals surface area contributed by atoms with Crippen LogP contribution in [0, 0.1) is 5.41 Å². The number of carbonyl (C=O) groups is 2. The first-order chi connectivity index (χ1) is 9.80. The number of ether oxygens (including phenoxy) is 2. The third-order valence-corrected chi connectivity index (χ3v) is 4.32. The lowest BCUT2D eigenvalue weighted by Gasteiger charge is -2.26. The molecule has 1 heterocycles. The van der Waals surface area contributed by atoms with Crippen molar-refractivity contribution < 1.29 is 24.2 Å². The van der Waals surface area contributed by atoms with Crippen LogP contribution in [0.25, 0.3) is 0 Å². The SMILES string of the molecule is CC1(C)OCC(CNC(=O)CC2(CC(=O)O)CCCC2)O1. The minimum atomic E-state index is -0.820. The molecule has 1 unspecified atom stereocenters. The van der Waals surface area contributed by atoms with Crippen LogP contribution in [0.15, 0.2) is 0 Å². The summed E-state index contributed by atoms with van der Waals surface area (Å²) in [4.78, 5) is 23.1. The van der Waals surface area contributed by atoms with Gasteiger partial charge in [-0.1, -0.05) is 12.8 Å². The molecule has 0 spiro atoms. The van der Waals surface area contributed by atoms with Gasteiger partial charge in [0.05, 0.1) is 13.0 Å².